The summed E-state index contributed by atoms with van der Waals surface area (Å²) in [6, 6.07) is 8.49. The van der Waals surface area contributed by atoms with Gasteiger partial charge < -0.3 is 5.01 Å². The molecule has 1 saturated heterocycles. The Hall–Kier alpha value is -2.96. The number of aryl methyl sites for hydroxylation is 1. The average molecular weight is 503 g/mol. The fourth-order valence-corrected chi connectivity index (χ4v) is 6.50. The minimum Gasteiger partial charge on any atom is -0.311 e. The number of nitrogens with two attached hydrogens (primary N) is 1. The molecule has 34 heavy (non-hydrogen) atoms. The Balaban J connectivity index is 1.47. The van der Waals surface area contributed by atoms with E-state index in [0.717, 1.165) is 37.0 Å². The van der Waals surface area contributed by atoms with Crippen molar-refractivity contribution >= 4 is 42.1 Å². The van der Waals surface area contributed by atoms with Crippen molar-refractivity contribution in [3.8, 4) is 0 Å². The number of fused-ring (bicyclic) bond motifs is 3. The maximum atomic E-state index is 13.3. The second-order valence-corrected chi connectivity index (χ2v) is 12.3. The topological polar surface area (TPSA) is 133 Å². The lowest BCUT2D eigenvalue weighted by molar-refractivity contribution is 0.358. The molecule has 1 aliphatic rings. The molecular formula is C22H26N6O4S2. The van der Waals surface area contributed by atoms with Gasteiger partial charge in [0.1, 0.15) is 17.4 Å². The summed E-state index contributed by atoms with van der Waals surface area (Å²) in [6.45, 7) is 3.36. The van der Waals surface area contributed by atoms with E-state index in [1.807, 2.05) is 11.6 Å². The van der Waals surface area contributed by atoms with E-state index >= 15 is 0 Å². The smallest absolute Gasteiger partial charge is 0.269 e. The zero-order valence-electron chi connectivity index (χ0n) is 18.7. The Kier molecular flexibility index (Phi) is 5.61. The van der Waals surface area contributed by atoms with Crippen molar-refractivity contribution in [3.63, 3.8) is 0 Å². The van der Waals surface area contributed by atoms with E-state index < -0.39 is 20.0 Å². The quantitative estimate of drug-likeness (QED) is 0.426. The van der Waals surface area contributed by atoms with E-state index in [0.29, 0.717) is 28.9 Å². The van der Waals surface area contributed by atoms with Crippen molar-refractivity contribution in [1.29, 1.82) is 0 Å². The Morgan fingerprint density at radius 2 is 1.74 bits per heavy atom. The van der Waals surface area contributed by atoms with Gasteiger partial charge in [-0.1, -0.05) is 17.7 Å². The summed E-state index contributed by atoms with van der Waals surface area (Å²) in [6.07, 6.45) is 7.09. The molecule has 5 rings (SSSR count). The van der Waals surface area contributed by atoms with Gasteiger partial charge in [-0.3, -0.25) is 0 Å². The number of pyridine rings is 1. The molecule has 4 aromatic rings. The van der Waals surface area contributed by atoms with Crippen LogP contribution in [0.15, 0.2) is 53.9 Å². The molecule has 3 aromatic heterocycles. The maximum Gasteiger partial charge on any atom is 0.269 e. The second kappa shape index (κ2) is 8.36. The predicted octanol–water partition coefficient (Wildman–Crippen LogP) is 1.96. The standard InChI is InChI=1S/C22H26N6O4S2/c1-16-2-4-18(5-3-16)34(31,32)28-12-8-19-21-20(14-24-22(19)28)25-15-27(21)26-10-6-17(7-11-26)9-13-33(23,29)30/h2-5,8,12,14-15,17H,6-7,9-11,13H2,1H3,(H2,23,29,30). The monoisotopic (exact) mass is 502 g/mol. The molecule has 2 N–H and O–H groups in total. The van der Waals surface area contributed by atoms with E-state index in [1.54, 1.807) is 42.9 Å². The third-order valence-corrected chi connectivity index (χ3v) is 8.94. The van der Waals surface area contributed by atoms with Crippen molar-refractivity contribution in [2.24, 2.45) is 11.1 Å². The fourth-order valence-electron chi connectivity index (χ4n) is 4.54. The van der Waals surface area contributed by atoms with Gasteiger partial charge in [-0.05, 0) is 50.3 Å². The number of aromatic nitrogens is 4. The Labute approximate surface area is 198 Å². The van der Waals surface area contributed by atoms with Gasteiger partial charge in [0.2, 0.25) is 10.0 Å². The van der Waals surface area contributed by atoms with E-state index in [-0.39, 0.29) is 10.6 Å². The van der Waals surface area contributed by atoms with Gasteiger partial charge in [0.25, 0.3) is 10.0 Å². The third kappa shape index (κ3) is 4.17. The number of benzene rings is 1. The molecule has 0 spiro atoms. The highest BCUT2D eigenvalue weighted by Gasteiger charge is 2.25. The van der Waals surface area contributed by atoms with Crippen LogP contribution in [-0.4, -0.2) is 54.3 Å². The van der Waals surface area contributed by atoms with Crippen LogP contribution >= 0.6 is 0 Å². The van der Waals surface area contributed by atoms with E-state index in [2.05, 4.69) is 15.0 Å². The third-order valence-electron chi connectivity index (χ3n) is 6.45. The molecule has 1 aliphatic heterocycles. The van der Waals surface area contributed by atoms with Crippen LogP contribution in [0.3, 0.4) is 0 Å². The molecular weight excluding hydrogens is 476 g/mol. The van der Waals surface area contributed by atoms with Crippen molar-refractivity contribution in [3.05, 3.63) is 54.6 Å². The predicted molar refractivity (Wildman–Crippen MR) is 130 cm³/mol. The molecule has 12 heteroatoms. The number of nitrogens with zero attached hydrogens (tertiary/aromatic N) is 5. The van der Waals surface area contributed by atoms with Crippen LogP contribution in [0, 0.1) is 12.8 Å². The highest BCUT2D eigenvalue weighted by atomic mass is 32.2. The lowest BCUT2D eigenvalue weighted by Crippen LogP contribution is -2.41. The summed E-state index contributed by atoms with van der Waals surface area (Å²) in [5, 5.41) is 7.99. The first-order chi connectivity index (χ1) is 16.1. The van der Waals surface area contributed by atoms with Crippen LogP contribution in [0.25, 0.3) is 22.1 Å². The first-order valence-corrected chi connectivity index (χ1v) is 14.2. The Bertz CT molecular complexity index is 1560. The molecule has 0 unspecified atom stereocenters. The molecule has 0 bridgehead atoms. The van der Waals surface area contributed by atoms with Gasteiger partial charge in [-0.15, -0.1) is 0 Å². The summed E-state index contributed by atoms with van der Waals surface area (Å²) in [5.41, 5.74) is 2.80. The van der Waals surface area contributed by atoms with Crippen molar-refractivity contribution in [1.82, 2.24) is 18.6 Å². The van der Waals surface area contributed by atoms with Crippen LogP contribution in [0.1, 0.15) is 24.8 Å². The van der Waals surface area contributed by atoms with Crippen molar-refractivity contribution in [2.45, 2.75) is 31.1 Å². The summed E-state index contributed by atoms with van der Waals surface area (Å²) in [5.74, 6) is 0.299. The normalized spacial score (nSPS) is 16.0. The molecule has 10 nitrogen and oxygen atoms in total. The van der Waals surface area contributed by atoms with Crippen LogP contribution in [0.4, 0.5) is 0 Å². The molecule has 4 heterocycles. The minimum atomic E-state index is -3.80. The highest BCUT2D eigenvalue weighted by molar-refractivity contribution is 7.90. The molecule has 0 atom stereocenters. The second-order valence-electron chi connectivity index (χ2n) is 8.80. The van der Waals surface area contributed by atoms with E-state index in [4.69, 9.17) is 5.14 Å². The molecule has 0 radical (unpaired) electrons. The first kappa shape index (κ1) is 22.8. The lowest BCUT2D eigenvalue weighted by Gasteiger charge is -2.34. The molecule has 0 aliphatic carbocycles. The zero-order chi connectivity index (χ0) is 24.1. The Morgan fingerprint density at radius 3 is 2.41 bits per heavy atom. The number of rotatable bonds is 6. The number of hydrogen-bond acceptors (Lipinski definition) is 7. The van der Waals surface area contributed by atoms with Crippen LogP contribution in [0.2, 0.25) is 0 Å². The van der Waals surface area contributed by atoms with Gasteiger partial charge in [-0.2, -0.15) is 0 Å². The van der Waals surface area contributed by atoms with Gasteiger partial charge in [0.15, 0.2) is 5.65 Å². The van der Waals surface area contributed by atoms with Gasteiger partial charge >= 0.3 is 0 Å². The van der Waals surface area contributed by atoms with E-state index in [9.17, 15) is 16.8 Å². The average Bonchev–Trinajstić information content (AvgIpc) is 3.42. The number of sulfonamides is 1. The fraction of sp³-hybridized carbons (Fsp3) is 0.364. The SMILES string of the molecule is Cc1ccc(S(=O)(=O)n2ccc3c4c(cnc32)ncn4N2CCC(CCS(N)(=O)=O)CC2)cc1. The largest absolute Gasteiger partial charge is 0.311 e. The number of imidazole rings is 1. The molecule has 1 fully saturated rings. The van der Waals surface area contributed by atoms with Gasteiger partial charge in [0, 0.05) is 24.7 Å². The van der Waals surface area contributed by atoms with Gasteiger partial charge in [0.05, 0.1) is 16.8 Å². The maximum absolute atomic E-state index is 13.3. The summed E-state index contributed by atoms with van der Waals surface area (Å²) in [7, 11) is -7.26. The summed E-state index contributed by atoms with van der Waals surface area (Å²) in [4.78, 5) is 9.09. The van der Waals surface area contributed by atoms with Crippen LogP contribution < -0.4 is 10.1 Å². The lowest BCUT2D eigenvalue weighted by atomic mass is 9.95. The number of hydrogen-bond donors (Lipinski definition) is 1. The number of piperidine rings is 1. The highest BCUT2D eigenvalue weighted by Crippen LogP contribution is 2.29. The minimum absolute atomic E-state index is 0.000929. The summed E-state index contributed by atoms with van der Waals surface area (Å²) >= 11 is 0. The van der Waals surface area contributed by atoms with Gasteiger partial charge in [-0.25, -0.2) is 40.6 Å². The van der Waals surface area contributed by atoms with Crippen molar-refractivity contribution < 1.29 is 16.8 Å². The van der Waals surface area contributed by atoms with Crippen LogP contribution in [-0.2, 0) is 20.0 Å². The molecule has 180 valence electrons. The molecule has 0 amide bonds. The Morgan fingerprint density at radius 1 is 1.03 bits per heavy atom. The first-order valence-electron chi connectivity index (χ1n) is 11.0. The molecule has 1 aromatic carbocycles. The van der Waals surface area contributed by atoms with Crippen molar-refractivity contribution in [2.75, 3.05) is 23.9 Å². The zero-order valence-corrected chi connectivity index (χ0v) is 20.3. The summed E-state index contributed by atoms with van der Waals surface area (Å²) < 4.78 is 52.3. The molecule has 0 saturated carbocycles. The van der Waals surface area contributed by atoms with Crippen LogP contribution in [0.5, 0.6) is 0 Å². The number of primary sulfonamides is 1. The van der Waals surface area contributed by atoms with E-state index in [1.165, 1.54) is 10.2 Å².